The van der Waals surface area contributed by atoms with E-state index < -0.39 is 5.82 Å². The predicted molar refractivity (Wildman–Crippen MR) is 122 cm³/mol. The van der Waals surface area contributed by atoms with Gasteiger partial charge >= 0.3 is 0 Å². The SMILES string of the molecule is CC(=O)Nc1cccc(OCCCNc2ncc(F)c(Nc3ccc4c(c3)OCCO4)n2)c1. The molecule has 1 aliphatic heterocycles. The number of rotatable bonds is 9. The Kier molecular flexibility index (Phi) is 7.03. The predicted octanol–water partition coefficient (Wildman–Crippen LogP) is 3.97. The number of carbonyl (C=O) groups excluding carboxylic acids is 1. The van der Waals surface area contributed by atoms with Gasteiger partial charge in [0.2, 0.25) is 11.9 Å². The first-order valence-electron chi connectivity index (χ1n) is 10.5. The summed E-state index contributed by atoms with van der Waals surface area (Å²) in [6.07, 6.45) is 1.77. The Morgan fingerprint density at radius 1 is 1.12 bits per heavy atom. The van der Waals surface area contributed by atoms with Gasteiger partial charge in [-0.3, -0.25) is 4.79 Å². The summed E-state index contributed by atoms with van der Waals surface area (Å²) in [5, 5.41) is 8.72. The van der Waals surface area contributed by atoms with E-state index in [1.54, 1.807) is 36.4 Å². The van der Waals surface area contributed by atoms with E-state index in [1.807, 2.05) is 6.07 Å². The molecule has 0 fully saturated rings. The number of aromatic nitrogens is 2. The molecule has 0 aliphatic carbocycles. The number of amides is 1. The van der Waals surface area contributed by atoms with Crippen molar-refractivity contribution in [1.82, 2.24) is 9.97 Å². The van der Waals surface area contributed by atoms with Crippen LogP contribution in [0.4, 0.5) is 27.5 Å². The highest BCUT2D eigenvalue weighted by atomic mass is 19.1. The fourth-order valence-corrected chi connectivity index (χ4v) is 3.13. The molecule has 0 radical (unpaired) electrons. The normalized spacial score (nSPS) is 12.1. The van der Waals surface area contributed by atoms with Crippen LogP contribution < -0.4 is 30.2 Å². The molecule has 2 aromatic carbocycles. The Morgan fingerprint density at radius 3 is 2.82 bits per heavy atom. The van der Waals surface area contributed by atoms with E-state index in [2.05, 4.69) is 25.9 Å². The van der Waals surface area contributed by atoms with Gasteiger partial charge in [-0.1, -0.05) is 6.07 Å². The van der Waals surface area contributed by atoms with E-state index in [1.165, 1.54) is 6.92 Å². The minimum absolute atomic E-state index is 0.0511. The summed E-state index contributed by atoms with van der Waals surface area (Å²) in [6, 6.07) is 12.4. The molecule has 3 N–H and O–H groups in total. The van der Waals surface area contributed by atoms with Crippen LogP contribution in [-0.4, -0.2) is 42.2 Å². The number of halogens is 1. The number of benzene rings is 2. The minimum Gasteiger partial charge on any atom is -0.493 e. The largest absolute Gasteiger partial charge is 0.493 e. The van der Waals surface area contributed by atoms with E-state index >= 15 is 0 Å². The Bertz CT molecular complexity index is 1130. The molecule has 172 valence electrons. The van der Waals surface area contributed by atoms with Crippen molar-refractivity contribution in [3.05, 3.63) is 54.5 Å². The van der Waals surface area contributed by atoms with Gasteiger partial charge in [0, 0.05) is 37.0 Å². The Hall–Kier alpha value is -4.08. The van der Waals surface area contributed by atoms with Crippen LogP contribution >= 0.6 is 0 Å². The fraction of sp³-hybridized carbons (Fsp3) is 0.261. The maximum atomic E-state index is 14.2. The highest BCUT2D eigenvalue weighted by Gasteiger charge is 2.13. The number of carbonyl (C=O) groups is 1. The molecule has 1 aromatic heterocycles. The summed E-state index contributed by atoms with van der Waals surface area (Å²) in [5.41, 5.74) is 1.30. The zero-order valence-electron chi connectivity index (χ0n) is 18.1. The molecule has 33 heavy (non-hydrogen) atoms. The number of anilines is 4. The molecule has 0 unspecified atom stereocenters. The average Bonchev–Trinajstić information content (AvgIpc) is 2.80. The molecule has 0 bridgehead atoms. The fourth-order valence-electron chi connectivity index (χ4n) is 3.13. The first-order chi connectivity index (χ1) is 16.1. The number of hydrogen-bond acceptors (Lipinski definition) is 8. The number of nitrogens with zero attached hydrogens (tertiary/aromatic N) is 2. The molecular weight excluding hydrogens is 429 g/mol. The van der Waals surface area contributed by atoms with Crippen molar-refractivity contribution in [2.24, 2.45) is 0 Å². The molecule has 0 atom stereocenters. The lowest BCUT2D eigenvalue weighted by Crippen LogP contribution is -2.15. The zero-order chi connectivity index (χ0) is 23.0. The summed E-state index contributed by atoms with van der Waals surface area (Å²) < 4.78 is 31.0. The summed E-state index contributed by atoms with van der Waals surface area (Å²) in [4.78, 5) is 19.3. The number of fused-ring (bicyclic) bond motifs is 1. The third-order valence-electron chi connectivity index (χ3n) is 4.58. The van der Waals surface area contributed by atoms with Crippen LogP contribution in [0.3, 0.4) is 0 Å². The Balaban J connectivity index is 1.27. The minimum atomic E-state index is -0.571. The zero-order valence-corrected chi connectivity index (χ0v) is 18.1. The molecule has 4 rings (SSSR count). The van der Waals surface area contributed by atoms with Crippen molar-refractivity contribution in [2.75, 3.05) is 42.3 Å². The highest BCUT2D eigenvalue weighted by Crippen LogP contribution is 2.33. The molecular formula is C23H24FN5O4. The molecule has 10 heteroatoms. The summed E-state index contributed by atoms with van der Waals surface area (Å²) in [5.74, 6) is 1.55. The second-order valence-corrected chi connectivity index (χ2v) is 7.21. The molecule has 1 amide bonds. The van der Waals surface area contributed by atoms with Crippen molar-refractivity contribution in [1.29, 1.82) is 0 Å². The van der Waals surface area contributed by atoms with Gasteiger partial charge in [-0.05, 0) is 30.7 Å². The van der Waals surface area contributed by atoms with Gasteiger partial charge in [0.25, 0.3) is 0 Å². The maximum Gasteiger partial charge on any atom is 0.224 e. The molecule has 0 spiro atoms. The van der Waals surface area contributed by atoms with Crippen LogP contribution in [0.2, 0.25) is 0 Å². The number of hydrogen-bond donors (Lipinski definition) is 3. The van der Waals surface area contributed by atoms with Gasteiger partial charge < -0.3 is 30.2 Å². The number of nitrogens with one attached hydrogen (secondary N) is 3. The molecule has 3 aromatic rings. The lowest BCUT2D eigenvalue weighted by molar-refractivity contribution is -0.114. The maximum absolute atomic E-state index is 14.2. The van der Waals surface area contributed by atoms with Gasteiger partial charge in [-0.2, -0.15) is 4.98 Å². The van der Waals surface area contributed by atoms with E-state index in [0.717, 1.165) is 6.20 Å². The third-order valence-corrected chi connectivity index (χ3v) is 4.58. The molecule has 2 heterocycles. The van der Waals surface area contributed by atoms with Crippen molar-refractivity contribution in [2.45, 2.75) is 13.3 Å². The summed E-state index contributed by atoms with van der Waals surface area (Å²) >= 11 is 0. The van der Waals surface area contributed by atoms with Crippen molar-refractivity contribution >= 4 is 29.0 Å². The van der Waals surface area contributed by atoms with Crippen molar-refractivity contribution in [3.63, 3.8) is 0 Å². The van der Waals surface area contributed by atoms with Crippen LogP contribution in [0.15, 0.2) is 48.7 Å². The van der Waals surface area contributed by atoms with E-state index in [9.17, 15) is 9.18 Å². The molecule has 9 nitrogen and oxygen atoms in total. The van der Waals surface area contributed by atoms with Gasteiger partial charge in [-0.25, -0.2) is 9.37 Å². The molecule has 0 saturated carbocycles. The molecule has 1 aliphatic rings. The van der Waals surface area contributed by atoms with Gasteiger partial charge in [0.05, 0.1) is 12.8 Å². The van der Waals surface area contributed by atoms with Crippen LogP contribution in [-0.2, 0) is 4.79 Å². The first kappa shape index (κ1) is 22.1. The first-order valence-corrected chi connectivity index (χ1v) is 10.5. The number of ether oxygens (including phenoxy) is 3. The third kappa shape index (κ3) is 6.22. The summed E-state index contributed by atoms with van der Waals surface area (Å²) in [6.45, 7) is 3.40. The smallest absolute Gasteiger partial charge is 0.224 e. The quantitative estimate of drug-likeness (QED) is 0.418. The standard InChI is InChI=1S/C23H24FN5O4/c1-15(30)27-16-4-2-5-18(12-16)31-9-3-8-25-23-26-14-19(24)22(29-23)28-17-6-7-20-21(13-17)33-11-10-32-20/h2,4-7,12-14H,3,8-11H2,1H3,(H,27,30)(H2,25,26,28,29). The van der Waals surface area contributed by atoms with Gasteiger partial charge in [0.1, 0.15) is 19.0 Å². The van der Waals surface area contributed by atoms with E-state index in [4.69, 9.17) is 14.2 Å². The van der Waals surface area contributed by atoms with Crippen LogP contribution in [0, 0.1) is 5.82 Å². The van der Waals surface area contributed by atoms with Gasteiger partial charge in [-0.15, -0.1) is 0 Å². The monoisotopic (exact) mass is 453 g/mol. The lowest BCUT2D eigenvalue weighted by Gasteiger charge is -2.19. The highest BCUT2D eigenvalue weighted by molar-refractivity contribution is 5.88. The van der Waals surface area contributed by atoms with E-state index in [-0.39, 0.29) is 11.7 Å². The average molecular weight is 453 g/mol. The van der Waals surface area contributed by atoms with E-state index in [0.29, 0.717) is 67.4 Å². The Labute approximate surface area is 190 Å². The van der Waals surface area contributed by atoms with Crippen LogP contribution in [0.5, 0.6) is 17.2 Å². The topological polar surface area (TPSA) is 107 Å². The second-order valence-electron chi connectivity index (χ2n) is 7.21. The molecule has 0 saturated heterocycles. The van der Waals surface area contributed by atoms with Crippen LogP contribution in [0.1, 0.15) is 13.3 Å². The van der Waals surface area contributed by atoms with Crippen molar-refractivity contribution in [3.8, 4) is 17.2 Å². The Morgan fingerprint density at radius 2 is 1.97 bits per heavy atom. The summed E-state index contributed by atoms with van der Waals surface area (Å²) in [7, 11) is 0. The van der Waals surface area contributed by atoms with Crippen LogP contribution in [0.25, 0.3) is 0 Å². The lowest BCUT2D eigenvalue weighted by atomic mass is 10.2. The van der Waals surface area contributed by atoms with Gasteiger partial charge in [0.15, 0.2) is 23.1 Å². The second kappa shape index (κ2) is 10.5. The van der Waals surface area contributed by atoms with Crippen molar-refractivity contribution < 1.29 is 23.4 Å².